The van der Waals surface area contributed by atoms with Crippen molar-refractivity contribution >= 4 is 51.5 Å². The third-order valence-corrected chi connectivity index (χ3v) is 6.52. The molecular weight excluding hydrogens is 421 g/mol. The first-order valence-corrected chi connectivity index (χ1v) is 10.3. The zero-order valence-electron chi connectivity index (χ0n) is 14.9. The van der Waals surface area contributed by atoms with Crippen molar-refractivity contribution in [3.05, 3.63) is 66.4 Å². The highest BCUT2D eigenvalue weighted by molar-refractivity contribution is 6.42. The van der Waals surface area contributed by atoms with Crippen LogP contribution in [0.5, 0.6) is 5.75 Å². The lowest BCUT2D eigenvalue weighted by molar-refractivity contribution is 0.289. The van der Waals surface area contributed by atoms with Gasteiger partial charge in [-0.1, -0.05) is 34.8 Å². The van der Waals surface area contributed by atoms with E-state index in [1.807, 2.05) is 17.0 Å². The second-order valence-electron chi connectivity index (χ2n) is 7.17. The fraction of sp³-hybridized carbons (Fsp3) is 0.286. The van der Waals surface area contributed by atoms with Crippen molar-refractivity contribution in [2.75, 3.05) is 11.6 Å². The van der Waals surface area contributed by atoms with Gasteiger partial charge in [0.1, 0.15) is 11.3 Å². The molecule has 0 fully saturated rings. The van der Waals surface area contributed by atoms with Gasteiger partial charge < -0.3 is 14.1 Å². The first kappa shape index (κ1) is 18.2. The molecule has 0 saturated carbocycles. The Morgan fingerprint density at radius 3 is 2.46 bits per heavy atom. The average molecular weight is 437 g/mol. The van der Waals surface area contributed by atoms with Crippen LogP contribution in [-0.2, 0) is 19.4 Å². The van der Waals surface area contributed by atoms with E-state index in [0.29, 0.717) is 39.7 Å². The molecule has 0 bridgehead atoms. The number of nitrogens with zero attached hydrogens (tertiary/aromatic N) is 1. The van der Waals surface area contributed by atoms with Crippen LogP contribution in [0.3, 0.4) is 0 Å². The number of hydrogen-bond donors (Lipinski definition) is 0. The molecule has 0 saturated heterocycles. The van der Waals surface area contributed by atoms with Gasteiger partial charge in [0, 0.05) is 16.6 Å². The molecule has 144 valence electrons. The number of hydrogen-bond acceptors (Lipinski definition) is 4. The lowest BCUT2D eigenvalue weighted by Gasteiger charge is -2.32. The van der Waals surface area contributed by atoms with Crippen LogP contribution in [0, 0.1) is 0 Å². The molecule has 7 heteroatoms. The Hall–Kier alpha value is -1.88. The van der Waals surface area contributed by atoms with E-state index in [0.717, 1.165) is 53.4 Å². The Bertz CT molecular complexity index is 1170. The van der Waals surface area contributed by atoms with Crippen LogP contribution < -0.4 is 15.3 Å². The maximum atomic E-state index is 12.6. The quantitative estimate of drug-likeness (QED) is 0.440. The summed E-state index contributed by atoms with van der Waals surface area (Å²) in [6, 6.07) is 7.30. The second kappa shape index (κ2) is 6.87. The van der Waals surface area contributed by atoms with Gasteiger partial charge in [-0.15, -0.1) is 0 Å². The molecule has 4 nitrogen and oxygen atoms in total. The van der Waals surface area contributed by atoms with Gasteiger partial charge in [0.25, 0.3) is 0 Å². The van der Waals surface area contributed by atoms with Crippen molar-refractivity contribution < 1.29 is 9.15 Å². The first-order chi connectivity index (χ1) is 13.5. The fourth-order valence-corrected chi connectivity index (χ4v) is 4.69. The Kier molecular flexibility index (Phi) is 4.46. The van der Waals surface area contributed by atoms with Crippen LogP contribution >= 0.6 is 34.8 Å². The van der Waals surface area contributed by atoms with Gasteiger partial charge in [-0.25, -0.2) is 4.79 Å². The maximum absolute atomic E-state index is 12.6. The van der Waals surface area contributed by atoms with E-state index < -0.39 is 0 Å². The molecule has 0 atom stereocenters. The van der Waals surface area contributed by atoms with Gasteiger partial charge in [-0.3, -0.25) is 0 Å². The van der Waals surface area contributed by atoms with Crippen LogP contribution in [-0.4, -0.2) is 6.73 Å². The average Bonchev–Trinajstić information content (AvgIpc) is 2.71. The van der Waals surface area contributed by atoms with Gasteiger partial charge in [-0.2, -0.15) is 0 Å². The normalized spacial score (nSPS) is 15.9. The molecule has 28 heavy (non-hydrogen) atoms. The summed E-state index contributed by atoms with van der Waals surface area (Å²) in [4.78, 5) is 14.6. The monoisotopic (exact) mass is 435 g/mol. The summed E-state index contributed by atoms with van der Waals surface area (Å²) >= 11 is 18.8. The minimum atomic E-state index is -0.251. The number of anilines is 1. The van der Waals surface area contributed by atoms with Gasteiger partial charge in [0.2, 0.25) is 0 Å². The van der Waals surface area contributed by atoms with E-state index in [9.17, 15) is 4.79 Å². The van der Waals surface area contributed by atoms with Crippen molar-refractivity contribution in [2.45, 2.75) is 32.2 Å². The molecule has 1 aliphatic carbocycles. The SMILES string of the molecule is O=c1oc2c3c(c(Cl)cc2c2c1CCCC2)OCN(c1ccc(Cl)c(Cl)c1)C3. The molecule has 0 N–H and O–H groups in total. The largest absolute Gasteiger partial charge is 0.471 e. The van der Waals surface area contributed by atoms with Gasteiger partial charge >= 0.3 is 5.63 Å². The standard InChI is InChI=1S/C21H16Cl3NO3/c22-16-6-5-11(7-17(16)23)25-9-15-19-14(8-18(24)20(15)27-10-25)12-3-1-2-4-13(12)21(26)28-19/h5-8H,1-4,9-10H2. The zero-order valence-corrected chi connectivity index (χ0v) is 17.1. The van der Waals surface area contributed by atoms with E-state index in [2.05, 4.69) is 0 Å². The second-order valence-corrected chi connectivity index (χ2v) is 8.39. The van der Waals surface area contributed by atoms with E-state index in [1.165, 1.54) is 0 Å². The van der Waals surface area contributed by atoms with Crippen LogP contribution in [0.15, 0.2) is 33.5 Å². The lowest BCUT2D eigenvalue weighted by Crippen LogP contribution is -2.32. The van der Waals surface area contributed by atoms with Crippen LogP contribution in [0.4, 0.5) is 5.69 Å². The summed E-state index contributed by atoms with van der Waals surface area (Å²) < 4.78 is 11.7. The summed E-state index contributed by atoms with van der Waals surface area (Å²) in [7, 11) is 0. The predicted octanol–water partition coefficient (Wildman–Crippen LogP) is 5.99. The molecule has 0 amide bonds. The molecule has 1 aliphatic heterocycles. The van der Waals surface area contributed by atoms with Crippen molar-refractivity contribution in [3.63, 3.8) is 0 Å². The number of rotatable bonds is 1. The van der Waals surface area contributed by atoms with Crippen molar-refractivity contribution in [3.8, 4) is 5.75 Å². The van der Waals surface area contributed by atoms with Crippen molar-refractivity contribution in [1.82, 2.24) is 0 Å². The van der Waals surface area contributed by atoms with Crippen LogP contribution in [0.2, 0.25) is 15.1 Å². The van der Waals surface area contributed by atoms with Gasteiger partial charge in [-0.05, 0) is 55.5 Å². The molecule has 0 spiro atoms. The molecule has 0 unspecified atom stereocenters. The number of fused-ring (bicyclic) bond motifs is 5. The van der Waals surface area contributed by atoms with E-state index >= 15 is 0 Å². The summed E-state index contributed by atoms with van der Waals surface area (Å²) in [5.74, 6) is 0.574. The Morgan fingerprint density at radius 1 is 0.893 bits per heavy atom. The minimum absolute atomic E-state index is 0.251. The maximum Gasteiger partial charge on any atom is 0.339 e. The molecule has 0 radical (unpaired) electrons. The predicted molar refractivity (Wildman–Crippen MR) is 112 cm³/mol. The Labute approximate surface area is 176 Å². The van der Waals surface area contributed by atoms with Crippen LogP contribution in [0.1, 0.15) is 29.5 Å². The van der Waals surface area contributed by atoms with Crippen molar-refractivity contribution in [1.29, 1.82) is 0 Å². The molecule has 3 aromatic rings. The third-order valence-electron chi connectivity index (χ3n) is 5.50. The summed E-state index contributed by atoms with van der Waals surface area (Å²) in [6.45, 7) is 0.803. The highest BCUT2D eigenvalue weighted by atomic mass is 35.5. The number of halogens is 3. The number of benzene rings is 2. The Morgan fingerprint density at radius 2 is 1.68 bits per heavy atom. The van der Waals surface area contributed by atoms with Crippen LogP contribution in [0.25, 0.3) is 11.0 Å². The smallest absolute Gasteiger partial charge is 0.339 e. The fourth-order valence-electron chi connectivity index (χ4n) is 4.12. The molecule has 2 heterocycles. The minimum Gasteiger partial charge on any atom is -0.471 e. The molecule has 5 rings (SSSR count). The highest BCUT2D eigenvalue weighted by Gasteiger charge is 2.27. The summed E-state index contributed by atoms with van der Waals surface area (Å²) in [6.07, 6.45) is 3.69. The van der Waals surface area contributed by atoms with Gasteiger partial charge in [0.15, 0.2) is 6.73 Å². The number of aryl methyl sites for hydroxylation is 1. The van der Waals surface area contributed by atoms with E-state index in [-0.39, 0.29) is 5.63 Å². The Balaban J connectivity index is 1.67. The van der Waals surface area contributed by atoms with Gasteiger partial charge in [0.05, 0.1) is 27.2 Å². The molecule has 2 aromatic carbocycles. The van der Waals surface area contributed by atoms with E-state index in [4.69, 9.17) is 44.0 Å². The summed E-state index contributed by atoms with van der Waals surface area (Å²) in [5, 5.41) is 2.42. The highest BCUT2D eigenvalue weighted by Crippen LogP contribution is 2.42. The molecular formula is C21H16Cl3NO3. The zero-order chi connectivity index (χ0) is 19.4. The number of ether oxygens (including phenoxy) is 1. The summed E-state index contributed by atoms with van der Waals surface area (Å²) in [5.41, 5.74) is 3.81. The van der Waals surface area contributed by atoms with E-state index in [1.54, 1.807) is 12.1 Å². The topological polar surface area (TPSA) is 42.7 Å². The first-order valence-electron chi connectivity index (χ1n) is 9.15. The van der Waals surface area contributed by atoms with Crippen molar-refractivity contribution in [2.24, 2.45) is 0 Å². The lowest BCUT2D eigenvalue weighted by atomic mass is 9.90. The third kappa shape index (κ3) is 2.86. The molecule has 2 aliphatic rings. The molecule has 1 aromatic heterocycles.